The van der Waals surface area contributed by atoms with Gasteiger partial charge in [-0.2, -0.15) is 0 Å². The fourth-order valence-corrected chi connectivity index (χ4v) is 1.10. The lowest BCUT2D eigenvalue weighted by Crippen LogP contribution is -1.91. The Morgan fingerprint density at radius 2 is 1.67 bits per heavy atom. The zero-order valence-corrected chi connectivity index (χ0v) is 8.34. The van der Waals surface area contributed by atoms with Crippen molar-refractivity contribution in [2.75, 3.05) is 5.73 Å². The second-order valence-corrected chi connectivity index (χ2v) is 3.16. The highest BCUT2D eigenvalue weighted by Gasteiger charge is 1.97. The molecule has 0 aliphatic heterocycles. The molecule has 2 aromatic rings. The van der Waals surface area contributed by atoms with Crippen molar-refractivity contribution in [1.29, 1.82) is 0 Å². The van der Waals surface area contributed by atoms with Crippen LogP contribution in [0.25, 0.3) is 0 Å². The Morgan fingerprint density at radius 1 is 1.00 bits per heavy atom. The van der Waals surface area contributed by atoms with Crippen LogP contribution in [-0.2, 0) is 0 Å². The molecule has 0 aliphatic carbocycles. The van der Waals surface area contributed by atoms with Crippen molar-refractivity contribution in [3.8, 4) is 11.5 Å². The molecule has 2 heterocycles. The van der Waals surface area contributed by atoms with E-state index in [0.717, 1.165) is 5.69 Å². The number of ether oxygens (including phenoxy) is 1. The highest BCUT2D eigenvalue weighted by atomic mass is 16.5. The Kier molecular flexibility index (Phi) is 2.49. The largest absolute Gasteiger partial charge is 0.454 e. The molecule has 4 heteroatoms. The van der Waals surface area contributed by atoms with Gasteiger partial charge in [0.25, 0.3) is 0 Å². The molecule has 0 bridgehead atoms. The van der Waals surface area contributed by atoms with Gasteiger partial charge >= 0.3 is 0 Å². The van der Waals surface area contributed by atoms with E-state index in [0.29, 0.717) is 17.3 Å². The summed E-state index contributed by atoms with van der Waals surface area (Å²) in [7, 11) is 0. The third-order valence-corrected chi connectivity index (χ3v) is 1.88. The zero-order chi connectivity index (χ0) is 10.7. The van der Waals surface area contributed by atoms with Crippen LogP contribution in [0.3, 0.4) is 0 Å². The first-order valence-corrected chi connectivity index (χ1v) is 4.56. The normalized spacial score (nSPS) is 9.93. The summed E-state index contributed by atoms with van der Waals surface area (Å²) in [5.74, 6) is 1.81. The Morgan fingerprint density at radius 3 is 2.20 bits per heavy atom. The quantitative estimate of drug-likeness (QED) is 0.808. The number of rotatable bonds is 2. The Labute approximate surface area is 87.7 Å². The molecule has 0 radical (unpaired) electrons. The van der Waals surface area contributed by atoms with Crippen LogP contribution in [0.4, 0.5) is 5.82 Å². The van der Waals surface area contributed by atoms with Crippen molar-refractivity contribution >= 4 is 5.82 Å². The predicted octanol–water partition coefficient (Wildman–Crippen LogP) is 2.16. The maximum Gasteiger partial charge on any atom is 0.145 e. The average Bonchev–Trinajstić information content (AvgIpc) is 2.25. The maximum absolute atomic E-state index is 5.51. The molecule has 0 saturated heterocycles. The molecular weight excluding hydrogens is 190 g/mol. The second kappa shape index (κ2) is 3.96. The van der Waals surface area contributed by atoms with Crippen molar-refractivity contribution in [2.45, 2.75) is 6.92 Å². The fourth-order valence-electron chi connectivity index (χ4n) is 1.10. The lowest BCUT2D eigenvalue weighted by molar-refractivity contribution is 0.478. The van der Waals surface area contributed by atoms with E-state index in [1.54, 1.807) is 24.5 Å². The van der Waals surface area contributed by atoms with Crippen molar-refractivity contribution in [1.82, 2.24) is 9.97 Å². The van der Waals surface area contributed by atoms with Gasteiger partial charge in [0, 0.05) is 5.69 Å². The molecule has 0 saturated carbocycles. The van der Waals surface area contributed by atoms with Gasteiger partial charge in [-0.1, -0.05) is 0 Å². The molecule has 2 aromatic heterocycles. The molecule has 0 atom stereocenters. The first kappa shape index (κ1) is 9.45. The molecule has 0 aliphatic rings. The van der Waals surface area contributed by atoms with Gasteiger partial charge in [-0.25, -0.2) is 4.98 Å². The van der Waals surface area contributed by atoms with E-state index in [2.05, 4.69) is 9.97 Å². The molecule has 15 heavy (non-hydrogen) atoms. The summed E-state index contributed by atoms with van der Waals surface area (Å²) in [5, 5.41) is 0. The van der Waals surface area contributed by atoms with Crippen molar-refractivity contribution in [3.05, 3.63) is 42.4 Å². The highest BCUT2D eigenvalue weighted by molar-refractivity contribution is 5.34. The minimum Gasteiger partial charge on any atom is -0.454 e. The Hall–Kier alpha value is -2.10. The lowest BCUT2D eigenvalue weighted by atomic mass is 10.4. The molecule has 0 unspecified atom stereocenters. The predicted molar refractivity (Wildman–Crippen MR) is 57.7 cm³/mol. The molecule has 0 spiro atoms. The van der Waals surface area contributed by atoms with E-state index >= 15 is 0 Å². The van der Waals surface area contributed by atoms with Gasteiger partial charge in [0.15, 0.2) is 0 Å². The fraction of sp³-hybridized carbons (Fsp3) is 0.0909. The monoisotopic (exact) mass is 201 g/mol. The van der Waals surface area contributed by atoms with Gasteiger partial charge in [0.1, 0.15) is 17.3 Å². The molecular formula is C11H11N3O. The SMILES string of the molecule is Cc1ccc(Oc2ccc(N)nc2)cn1. The summed E-state index contributed by atoms with van der Waals surface area (Å²) in [6, 6.07) is 7.21. The van der Waals surface area contributed by atoms with Crippen molar-refractivity contribution < 1.29 is 4.74 Å². The van der Waals surface area contributed by atoms with Crippen LogP contribution < -0.4 is 10.5 Å². The van der Waals surface area contributed by atoms with Gasteiger partial charge in [-0.3, -0.25) is 4.98 Å². The van der Waals surface area contributed by atoms with E-state index in [4.69, 9.17) is 10.5 Å². The summed E-state index contributed by atoms with van der Waals surface area (Å²) in [4.78, 5) is 8.05. The standard InChI is InChI=1S/C11H11N3O/c1-8-2-3-9(6-13-8)15-10-4-5-11(12)14-7-10/h2-7H,1H3,(H2,12,14). The number of nitrogens with zero attached hydrogens (tertiary/aromatic N) is 2. The van der Waals surface area contributed by atoms with Crippen LogP contribution in [0.15, 0.2) is 36.7 Å². The molecule has 0 fully saturated rings. The van der Waals surface area contributed by atoms with E-state index in [1.165, 1.54) is 0 Å². The summed E-state index contributed by atoms with van der Waals surface area (Å²) >= 11 is 0. The van der Waals surface area contributed by atoms with Crippen molar-refractivity contribution in [3.63, 3.8) is 0 Å². The average molecular weight is 201 g/mol. The summed E-state index contributed by atoms with van der Waals surface area (Å²) in [6.07, 6.45) is 3.25. The van der Waals surface area contributed by atoms with E-state index < -0.39 is 0 Å². The summed E-state index contributed by atoms with van der Waals surface area (Å²) < 4.78 is 5.51. The Bertz CT molecular complexity index is 393. The number of nitrogens with two attached hydrogens (primary N) is 1. The van der Waals surface area contributed by atoms with Gasteiger partial charge in [-0.15, -0.1) is 0 Å². The molecule has 4 nitrogen and oxygen atoms in total. The minimum absolute atomic E-state index is 0.476. The van der Waals surface area contributed by atoms with Gasteiger partial charge < -0.3 is 10.5 Å². The first-order valence-electron chi connectivity index (χ1n) is 4.56. The van der Waals surface area contributed by atoms with Crippen LogP contribution in [0.1, 0.15) is 5.69 Å². The second-order valence-electron chi connectivity index (χ2n) is 3.16. The van der Waals surface area contributed by atoms with Crippen LogP contribution >= 0.6 is 0 Å². The molecule has 2 N–H and O–H groups in total. The van der Waals surface area contributed by atoms with Gasteiger partial charge in [0.2, 0.25) is 0 Å². The van der Waals surface area contributed by atoms with E-state index in [9.17, 15) is 0 Å². The summed E-state index contributed by atoms with van der Waals surface area (Å²) in [6.45, 7) is 1.93. The van der Waals surface area contributed by atoms with Crippen LogP contribution in [0.2, 0.25) is 0 Å². The molecule has 0 aromatic carbocycles. The number of hydrogen-bond donors (Lipinski definition) is 1. The molecule has 76 valence electrons. The van der Waals surface area contributed by atoms with Gasteiger partial charge in [-0.05, 0) is 31.2 Å². The third kappa shape index (κ3) is 2.43. The topological polar surface area (TPSA) is 61.0 Å². The highest BCUT2D eigenvalue weighted by Crippen LogP contribution is 2.19. The number of nitrogen functional groups attached to an aromatic ring is 1. The van der Waals surface area contributed by atoms with Crippen molar-refractivity contribution in [2.24, 2.45) is 0 Å². The number of aromatic nitrogens is 2. The lowest BCUT2D eigenvalue weighted by Gasteiger charge is -2.04. The Balaban J connectivity index is 2.15. The first-order chi connectivity index (χ1) is 7.24. The minimum atomic E-state index is 0.476. The van der Waals surface area contributed by atoms with Gasteiger partial charge in [0.05, 0.1) is 12.4 Å². The number of anilines is 1. The number of hydrogen-bond acceptors (Lipinski definition) is 4. The van der Waals surface area contributed by atoms with Crippen LogP contribution in [0, 0.1) is 6.92 Å². The van der Waals surface area contributed by atoms with Crippen LogP contribution in [0.5, 0.6) is 11.5 Å². The zero-order valence-electron chi connectivity index (χ0n) is 8.34. The summed E-state index contributed by atoms with van der Waals surface area (Å²) in [5.41, 5.74) is 6.42. The molecule has 0 amide bonds. The van der Waals surface area contributed by atoms with Crippen LogP contribution in [-0.4, -0.2) is 9.97 Å². The number of pyridine rings is 2. The van der Waals surface area contributed by atoms with E-state index in [-0.39, 0.29) is 0 Å². The molecule has 2 rings (SSSR count). The number of aryl methyl sites for hydroxylation is 1. The van der Waals surface area contributed by atoms with E-state index in [1.807, 2.05) is 19.1 Å². The smallest absolute Gasteiger partial charge is 0.145 e. The third-order valence-electron chi connectivity index (χ3n) is 1.88. The maximum atomic E-state index is 5.51.